The van der Waals surface area contributed by atoms with Gasteiger partial charge in [0.25, 0.3) is 0 Å². The molecule has 1 aliphatic rings. The Labute approximate surface area is 125 Å². The Bertz CT molecular complexity index is 1020. The number of aromatic nitrogens is 1. The van der Waals surface area contributed by atoms with Crippen molar-refractivity contribution in [1.29, 1.82) is 0 Å². The normalized spacial score (nSPS) is 13.1. The topological polar surface area (TPSA) is 44.5 Å². The zero-order valence-corrected chi connectivity index (χ0v) is 11.6. The molecule has 3 heterocycles. The van der Waals surface area contributed by atoms with Gasteiger partial charge in [0.2, 0.25) is 6.79 Å². The predicted octanol–water partition coefficient (Wildman–Crippen LogP) is 4.38. The fraction of sp³-hybridized carbons (Fsp3) is 0.0556. The second-order valence-corrected chi connectivity index (χ2v) is 5.24. The Morgan fingerprint density at radius 3 is 2.73 bits per heavy atom. The minimum absolute atomic E-state index is 0.269. The molecule has 0 spiro atoms. The second kappa shape index (κ2) is 4.24. The van der Waals surface area contributed by atoms with Crippen molar-refractivity contribution in [1.82, 2.24) is 4.98 Å². The van der Waals surface area contributed by atoms with Gasteiger partial charge in [-0.2, -0.15) is 0 Å². The molecule has 0 aliphatic carbocycles. The summed E-state index contributed by atoms with van der Waals surface area (Å²) < 4.78 is 16.4. The summed E-state index contributed by atoms with van der Waals surface area (Å²) in [5, 5.41) is 2.09. The number of ether oxygens (including phenoxy) is 2. The molecule has 0 saturated heterocycles. The van der Waals surface area contributed by atoms with Crippen LogP contribution in [0.5, 0.6) is 11.5 Å². The van der Waals surface area contributed by atoms with Crippen molar-refractivity contribution in [3.63, 3.8) is 0 Å². The quantitative estimate of drug-likeness (QED) is 0.521. The minimum atomic E-state index is 0.269. The first kappa shape index (κ1) is 11.6. The van der Waals surface area contributed by atoms with Gasteiger partial charge < -0.3 is 13.9 Å². The van der Waals surface area contributed by atoms with Crippen LogP contribution in [0.4, 0.5) is 0 Å². The van der Waals surface area contributed by atoms with Crippen molar-refractivity contribution < 1.29 is 13.9 Å². The zero-order valence-electron chi connectivity index (χ0n) is 11.6. The molecule has 22 heavy (non-hydrogen) atoms. The maximum absolute atomic E-state index is 5.60. The van der Waals surface area contributed by atoms with Crippen LogP contribution in [0.1, 0.15) is 0 Å². The van der Waals surface area contributed by atoms with Crippen molar-refractivity contribution in [3.8, 4) is 22.8 Å². The Kier molecular flexibility index (Phi) is 2.24. The van der Waals surface area contributed by atoms with Crippen LogP contribution in [0.2, 0.25) is 0 Å². The number of rotatable bonds is 1. The lowest BCUT2D eigenvalue weighted by Crippen LogP contribution is -1.92. The molecule has 0 atom stereocenters. The van der Waals surface area contributed by atoms with E-state index in [4.69, 9.17) is 18.9 Å². The van der Waals surface area contributed by atoms with Crippen LogP contribution in [0.25, 0.3) is 33.1 Å². The largest absolute Gasteiger partial charge is 0.464 e. The molecule has 5 rings (SSSR count). The van der Waals surface area contributed by atoms with E-state index in [2.05, 4.69) is 0 Å². The molecule has 0 N–H and O–H groups in total. The van der Waals surface area contributed by atoms with E-state index in [1.54, 1.807) is 6.26 Å². The van der Waals surface area contributed by atoms with Crippen LogP contribution >= 0.6 is 0 Å². The van der Waals surface area contributed by atoms with Gasteiger partial charge >= 0.3 is 0 Å². The molecular formula is C18H11NO3. The highest BCUT2D eigenvalue weighted by Crippen LogP contribution is 2.37. The van der Waals surface area contributed by atoms with Gasteiger partial charge in [0.1, 0.15) is 11.8 Å². The van der Waals surface area contributed by atoms with E-state index in [-0.39, 0.29) is 6.79 Å². The van der Waals surface area contributed by atoms with E-state index >= 15 is 0 Å². The van der Waals surface area contributed by atoms with Gasteiger partial charge in [0.15, 0.2) is 11.5 Å². The summed E-state index contributed by atoms with van der Waals surface area (Å²) in [4.78, 5) is 4.75. The molecule has 0 unspecified atom stereocenters. The zero-order chi connectivity index (χ0) is 14.5. The van der Waals surface area contributed by atoms with Crippen molar-refractivity contribution >= 4 is 21.9 Å². The molecule has 2 aromatic heterocycles. The van der Waals surface area contributed by atoms with Crippen LogP contribution in [0.3, 0.4) is 0 Å². The number of fused-ring (bicyclic) bond motifs is 3. The van der Waals surface area contributed by atoms with Crippen molar-refractivity contribution in [3.05, 3.63) is 54.8 Å². The summed E-state index contributed by atoms with van der Waals surface area (Å²) in [6, 6.07) is 15.9. The third-order valence-electron chi connectivity index (χ3n) is 3.94. The molecule has 1 aliphatic heterocycles. The SMILES string of the molecule is c1ccc2c(-c3ccc4cc5c(cc4n3)OCO5)coc2c1. The standard InChI is InChI=1S/C18H11NO3/c1-2-4-16-12(3-1)13(9-20-16)14-6-5-11-7-17-18(22-10-21-17)8-15(11)19-14/h1-9H,10H2. The first-order valence-electron chi connectivity index (χ1n) is 7.05. The van der Waals surface area contributed by atoms with Crippen LogP contribution < -0.4 is 9.47 Å². The third kappa shape index (κ3) is 1.61. The molecule has 0 amide bonds. The van der Waals surface area contributed by atoms with E-state index in [1.165, 1.54) is 0 Å². The Morgan fingerprint density at radius 2 is 1.77 bits per heavy atom. The highest BCUT2D eigenvalue weighted by atomic mass is 16.7. The van der Waals surface area contributed by atoms with Gasteiger partial charge in [-0.25, -0.2) is 4.98 Å². The fourth-order valence-electron chi connectivity index (χ4n) is 2.84. The second-order valence-electron chi connectivity index (χ2n) is 5.24. The maximum Gasteiger partial charge on any atom is 0.231 e. The van der Waals surface area contributed by atoms with E-state index in [0.29, 0.717) is 0 Å². The summed E-state index contributed by atoms with van der Waals surface area (Å²) in [7, 11) is 0. The lowest BCUT2D eigenvalue weighted by molar-refractivity contribution is 0.174. The number of benzene rings is 2. The molecule has 0 fully saturated rings. The van der Waals surface area contributed by atoms with E-state index in [9.17, 15) is 0 Å². The summed E-state index contributed by atoms with van der Waals surface area (Å²) in [5.74, 6) is 1.52. The van der Waals surface area contributed by atoms with E-state index in [1.807, 2.05) is 48.5 Å². The summed E-state index contributed by atoms with van der Waals surface area (Å²) >= 11 is 0. The Morgan fingerprint density at radius 1 is 0.909 bits per heavy atom. The van der Waals surface area contributed by atoms with Crippen LogP contribution in [-0.2, 0) is 0 Å². The summed E-state index contributed by atoms with van der Waals surface area (Å²) in [6.45, 7) is 0.269. The van der Waals surface area contributed by atoms with Crippen LogP contribution in [-0.4, -0.2) is 11.8 Å². The van der Waals surface area contributed by atoms with E-state index < -0.39 is 0 Å². The highest BCUT2D eigenvalue weighted by Gasteiger charge is 2.16. The molecule has 4 nitrogen and oxygen atoms in total. The third-order valence-corrected chi connectivity index (χ3v) is 3.94. The van der Waals surface area contributed by atoms with Crippen LogP contribution in [0.15, 0.2) is 59.2 Å². The number of nitrogens with zero attached hydrogens (tertiary/aromatic N) is 1. The monoisotopic (exact) mass is 289 g/mol. The number of pyridine rings is 1. The Hall–Kier alpha value is -3.01. The molecule has 0 radical (unpaired) electrons. The predicted molar refractivity (Wildman–Crippen MR) is 83.1 cm³/mol. The molecule has 4 heteroatoms. The van der Waals surface area contributed by atoms with Crippen molar-refractivity contribution in [2.75, 3.05) is 6.79 Å². The van der Waals surface area contributed by atoms with Gasteiger partial charge in [0, 0.05) is 22.4 Å². The molecule has 106 valence electrons. The summed E-state index contributed by atoms with van der Waals surface area (Å²) in [5.41, 5.74) is 3.63. The molecule has 4 aromatic rings. The van der Waals surface area contributed by atoms with Gasteiger partial charge in [-0.1, -0.05) is 24.3 Å². The fourth-order valence-corrected chi connectivity index (χ4v) is 2.84. The maximum atomic E-state index is 5.60. The number of hydrogen-bond acceptors (Lipinski definition) is 4. The van der Waals surface area contributed by atoms with Gasteiger partial charge in [0.05, 0.1) is 11.2 Å². The molecule has 2 aromatic carbocycles. The molecule has 0 bridgehead atoms. The molecular weight excluding hydrogens is 278 g/mol. The average molecular weight is 289 g/mol. The lowest BCUT2D eigenvalue weighted by atomic mass is 10.1. The summed E-state index contributed by atoms with van der Waals surface area (Å²) in [6.07, 6.45) is 1.76. The molecule has 0 saturated carbocycles. The number of hydrogen-bond donors (Lipinski definition) is 0. The van der Waals surface area contributed by atoms with Gasteiger partial charge in [-0.15, -0.1) is 0 Å². The Balaban J connectivity index is 1.73. The average Bonchev–Trinajstić information content (AvgIpc) is 3.18. The highest BCUT2D eigenvalue weighted by molar-refractivity contribution is 5.94. The lowest BCUT2D eigenvalue weighted by Gasteiger charge is -2.03. The van der Waals surface area contributed by atoms with Crippen molar-refractivity contribution in [2.45, 2.75) is 0 Å². The first-order chi connectivity index (χ1) is 10.9. The number of furan rings is 1. The number of para-hydroxylation sites is 1. The minimum Gasteiger partial charge on any atom is -0.464 e. The van der Waals surface area contributed by atoms with Crippen LogP contribution in [0, 0.1) is 0 Å². The smallest absolute Gasteiger partial charge is 0.231 e. The van der Waals surface area contributed by atoms with E-state index in [0.717, 1.165) is 44.6 Å². The van der Waals surface area contributed by atoms with Crippen molar-refractivity contribution in [2.24, 2.45) is 0 Å². The van der Waals surface area contributed by atoms with Gasteiger partial charge in [-0.05, 0) is 18.2 Å². The first-order valence-corrected chi connectivity index (χ1v) is 7.05. The van der Waals surface area contributed by atoms with Gasteiger partial charge in [-0.3, -0.25) is 0 Å².